The molecular formula is C10H10KN3O6. The summed E-state index contributed by atoms with van der Waals surface area (Å²) in [4.78, 5) is 42.2. The summed E-state index contributed by atoms with van der Waals surface area (Å²) in [5.74, 6) is -1.66. The van der Waals surface area contributed by atoms with Gasteiger partial charge in [-0.25, -0.2) is 0 Å². The zero-order valence-corrected chi connectivity index (χ0v) is 14.0. The van der Waals surface area contributed by atoms with Crippen molar-refractivity contribution in [2.24, 2.45) is 5.73 Å². The van der Waals surface area contributed by atoms with Crippen LogP contribution in [-0.2, 0) is 9.59 Å². The molecule has 0 saturated carbocycles. The van der Waals surface area contributed by atoms with Gasteiger partial charge in [0.25, 0.3) is 0 Å². The third kappa shape index (κ3) is 4.49. The number of hydrogen-bond donors (Lipinski definition) is 1. The summed E-state index contributed by atoms with van der Waals surface area (Å²) in [6.07, 6.45) is 1.31. The zero-order valence-electron chi connectivity index (χ0n) is 10.9. The van der Waals surface area contributed by atoms with Crippen LogP contribution in [0.25, 0.3) is 0 Å². The van der Waals surface area contributed by atoms with Crippen LogP contribution in [-0.4, -0.2) is 27.6 Å². The molecule has 10 heteroatoms. The molecule has 1 aliphatic carbocycles. The van der Waals surface area contributed by atoms with Gasteiger partial charge in [0, 0.05) is 16.3 Å². The molecule has 0 bridgehead atoms. The summed E-state index contributed by atoms with van der Waals surface area (Å²) in [5, 5.41) is 21.6. The Labute approximate surface area is 156 Å². The van der Waals surface area contributed by atoms with Gasteiger partial charge in [-0.3, -0.25) is 20.2 Å². The molecule has 1 atom stereocenters. The molecule has 20 heavy (non-hydrogen) atoms. The summed E-state index contributed by atoms with van der Waals surface area (Å²) in [5.41, 5.74) is 4.06. The van der Waals surface area contributed by atoms with Crippen LogP contribution in [0.4, 0.5) is 0 Å². The molecule has 1 aliphatic rings. The summed E-state index contributed by atoms with van der Waals surface area (Å²) in [7, 11) is 0. The van der Waals surface area contributed by atoms with Crippen molar-refractivity contribution in [3.63, 3.8) is 0 Å². The average molecular weight is 307 g/mol. The van der Waals surface area contributed by atoms with Gasteiger partial charge < -0.3 is 15.3 Å². The van der Waals surface area contributed by atoms with E-state index in [0.29, 0.717) is 0 Å². The third-order valence-electron chi connectivity index (χ3n) is 2.43. The Balaban J connectivity index is 0.00000361. The summed E-state index contributed by atoms with van der Waals surface area (Å²) in [6.45, 7) is 1.18. The van der Waals surface area contributed by atoms with E-state index < -0.39 is 33.3 Å². The van der Waals surface area contributed by atoms with E-state index in [1.807, 2.05) is 0 Å². The first-order valence-corrected chi connectivity index (χ1v) is 5.11. The topological polar surface area (TPSA) is 146 Å². The normalized spacial score (nSPS) is 17.4. The van der Waals surface area contributed by atoms with Crippen LogP contribution in [0, 0.1) is 26.1 Å². The van der Waals surface area contributed by atoms with E-state index in [0.717, 1.165) is 12.2 Å². The first kappa shape index (κ1) is 18.9. The number of nitrogens with zero attached hydrogens (tertiary/aromatic N) is 2. The van der Waals surface area contributed by atoms with Crippen molar-refractivity contribution in [3.05, 3.63) is 49.6 Å². The van der Waals surface area contributed by atoms with Crippen LogP contribution in [0.5, 0.6) is 0 Å². The number of carbonyl (C=O) groups excluding carboxylic acids is 2. The van der Waals surface area contributed by atoms with Crippen molar-refractivity contribution in [2.75, 3.05) is 0 Å². The molecule has 1 unspecified atom stereocenters. The van der Waals surface area contributed by atoms with Gasteiger partial charge in [-0.2, -0.15) is 0 Å². The second kappa shape index (κ2) is 7.64. The van der Waals surface area contributed by atoms with E-state index in [4.69, 9.17) is 5.73 Å². The predicted molar refractivity (Wildman–Crippen MR) is 61.7 cm³/mol. The fourth-order valence-electron chi connectivity index (χ4n) is 1.68. The molecule has 9 nitrogen and oxygen atoms in total. The molecule has 0 spiro atoms. The summed E-state index contributed by atoms with van der Waals surface area (Å²) >= 11 is 0. The van der Waals surface area contributed by atoms with Gasteiger partial charge in [0.05, 0.1) is 0 Å². The fraction of sp³-hybridized carbons (Fsp3) is 0.300. The number of Topliss-reactive ketones (excluding diaryl/α,β-unsaturated/α-hetero) is 1. The summed E-state index contributed by atoms with van der Waals surface area (Å²) < 4.78 is 0. The molecule has 0 saturated heterocycles. The monoisotopic (exact) mass is 307 g/mol. The van der Waals surface area contributed by atoms with Crippen LogP contribution in [0.2, 0.25) is 0 Å². The Morgan fingerprint density at radius 1 is 1.35 bits per heavy atom. The van der Waals surface area contributed by atoms with Gasteiger partial charge >= 0.3 is 51.4 Å². The molecule has 0 aromatic carbocycles. The molecular weight excluding hydrogens is 297 g/mol. The molecule has 0 aromatic rings. The van der Waals surface area contributed by atoms with Crippen molar-refractivity contribution in [1.82, 2.24) is 0 Å². The SMILES string of the molecule is CC(=O)C[C-]1C(C(N)=O)=CC([N+](=O)[O-])C=C1[N+](=O)[O-].[K+]. The number of allylic oxidation sites excluding steroid dienone is 1. The van der Waals surface area contributed by atoms with Crippen LogP contribution in [0.3, 0.4) is 0 Å². The van der Waals surface area contributed by atoms with Crippen LogP contribution in [0.1, 0.15) is 13.3 Å². The summed E-state index contributed by atoms with van der Waals surface area (Å²) in [6, 6.07) is -1.52. The van der Waals surface area contributed by atoms with Gasteiger partial charge in [0.2, 0.25) is 0 Å². The number of primary amides is 1. The number of carbonyl (C=O) groups is 2. The number of hydrogen-bond acceptors (Lipinski definition) is 6. The Kier molecular flexibility index (Phi) is 7.23. The van der Waals surface area contributed by atoms with E-state index in [9.17, 15) is 29.8 Å². The minimum atomic E-state index is -1.52. The largest absolute Gasteiger partial charge is 1.00 e. The van der Waals surface area contributed by atoms with E-state index in [2.05, 4.69) is 0 Å². The van der Waals surface area contributed by atoms with Crippen LogP contribution < -0.4 is 57.1 Å². The van der Waals surface area contributed by atoms with Crippen molar-refractivity contribution in [3.8, 4) is 0 Å². The smallest absolute Gasteiger partial charge is 0.404 e. The molecule has 2 N–H and O–H groups in total. The van der Waals surface area contributed by atoms with Gasteiger partial charge in [-0.1, -0.05) is 11.6 Å². The third-order valence-corrected chi connectivity index (χ3v) is 2.43. The Bertz CT molecular complexity index is 495. The van der Waals surface area contributed by atoms with Crippen molar-refractivity contribution >= 4 is 11.7 Å². The van der Waals surface area contributed by atoms with E-state index in [1.54, 1.807) is 0 Å². The average Bonchev–Trinajstić information content (AvgIpc) is 2.27. The Morgan fingerprint density at radius 3 is 2.25 bits per heavy atom. The maximum atomic E-state index is 11.2. The number of rotatable bonds is 5. The Morgan fingerprint density at radius 2 is 1.90 bits per heavy atom. The van der Waals surface area contributed by atoms with Gasteiger partial charge in [-0.05, 0) is 18.9 Å². The van der Waals surface area contributed by atoms with Crippen LogP contribution >= 0.6 is 0 Å². The molecule has 1 rings (SSSR count). The first-order valence-electron chi connectivity index (χ1n) is 5.11. The maximum absolute atomic E-state index is 11.2. The molecule has 102 valence electrons. The zero-order chi connectivity index (χ0) is 14.7. The van der Waals surface area contributed by atoms with Gasteiger partial charge in [0.1, 0.15) is 5.78 Å². The van der Waals surface area contributed by atoms with Crippen LogP contribution in [0.15, 0.2) is 23.4 Å². The van der Waals surface area contributed by atoms with E-state index in [1.165, 1.54) is 6.92 Å². The maximum Gasteiger partial charge on any atom is 1.00 e. The second-order valence-electron chi connectivity index (χ2n) is 3.89. The van der Waals surface area contributed by atoms with E-state index in [-0.39, 0.29) is 69.3 Å². The molecule has 1 amide bonds. The molecule has 0 aliphatic heterocycles. The van der Waals surface area contributed by atoms with Crippen molar-refractivity contribution < 1.29 is 70.8 Å². The molecule has 0 aromatic heterocycles. The molecule has 0 heterocycles. The first-order chi connectivity index (χ1) is 8.73. The van der Waals surface area contributed by atoms with Gasteiger partial charge in [0.15, 0.2) is 17.6 Å². The van der Waals surface area contributed by atoms with Crippen molar-refractivity contribution in [1.29, 1.82) is 0 Å². The standard InChI is InChI=1S/C10H10N3O6.K/c1-5(14)2-7-8(10(11)15)3-6(12(16)17)4-9(7)13(18)19;/h3-4,6H,2H2,1H3,(H2,11,15);/q-1;+1. The number of nitro groups is 2. The minimum Gasteiger partial charge on any atom is -0.404 e. The van der Waals surface area contributed by atoms with Crippen molar-refractivity contribution in [2.45, 2.75) is 19.4 Å². The van der Waals surface area contributed by atoms with Gasteiger partial charge in [-0.15, -0.1) is 0 Å². The predicted octanol–water partition coefficient (Wildman–Crippen LogP) is -3.22. The number of nitrogens with two attached hydrogens (primary N) is 1. The Hall–Kier alpha value is -1.07. The fourth-order valence-corrected chi connectivity index (χ4v) is 1.68. The quantitative estimate of drug-likeness (QED) is 0.244. The van der Waals surface area contributed by atoms with E-state index >= 15 is 0 Å². The molecule has 0 fully saturated rings. The number of ketones is 1. The minimum absolute atomic E-state index is 0. The second-order valence-corrected chi connectivity index (χ2v) is 3.89. The molecule has 0 radical (unpaired) electrons. The number of amides is 1.